The number of piperidine rings is 2. The number of nitrogens with one attached hydrogen (secondary N) is 2. The quantitative estimate of drug-likeness (QED) is 0.140. The number of pyridine rings is 2. The molecule has 6 atom stereocenters. The Bertz CT molecular complexity index is 1950. The van der Waals surface area contributed by atoms with Crippen LogP contribution in [0.3, 0.4) is 0 Å². The zero-order valence-corrected chi connectivity index (χ0v) is 35.9. The van der Waals surface area contributed by atoms with Crippen molar-refractivity contribution in [2.75, 3.05) is 35.2 Å². The highest BCUT2D eigenvalue weighted by molar-refractivity contribution is 6.40. The number of ether oxygens (including phenoxy) is 2. The predicted octanol–water partition coefficient (Wildman–Crippen LogP) is 6.63. The van der Waals surface area contributed by atoms with Crippen LogP contribution in [0.5, 0.6) is 0 Å². The molecule has 320 valence electrons. The van der Waals surface area contributed by atoms with E-state index in [1.807, 2.05) is 88.4 Å². The van der Waals surface area contributed by atoms with Crippen molar-refractivity contribution in [3.8, 4) is 0 Å². The van der Waals surface area contributed by atoms with Gasteiger partial charge in [-0.05, 0) is 88.8 Å². The smallest absolute Gasteiger partial charge is 0.313 e. The fourth-order valence-electron chi connectivity index (χ4n) is 7.72. The Morgan fingerprint density at radius 3 is 1.30 bits per heavy atom. The van der Waals surface area contributed by atoms with E-state index >= 15 is 0 Å². The van der Waals surface area contributed by atoms with Crippen molar-refractivity contribution in [3.63, 3.8) is 0 Å². The molecule has 4 amide bonds. The van der Waals surface area contributed by atoms with Gasteiger partial charge in [0.25, 0.3) is 0 Å². The molecule has 0 saturated carbocycles. The molecular weight excluding hydrogens is 761 g/mol. The van der Waals surface area contributed by atoms with E-state index in [9.17, 15) is 19.2 Å². The lowest BCUT2D eigenvalue weighted by Crippen LogP contribution is -2.51. The van der Waals surface area contributed by atoms with Gasteiger partial charge in [-0.2, -0.15) is 0 Å². The number of rotatable bonds is 8. The number of carbonyl (C=O) groups is 4. The summed E-state index contributed by atoms with van der Waals surface area (Å²) in [6.45, 7) is 16.6. The first-order chi connectivity index (χ1) is 28.5. The molecule has 2 aliphatic heterocycles. The minimum atomic E-state index is -0.683. The molecule has 0 unspecified atom stereocenters. The molecule has 60 heavy (non-hydrogen) atoms. The van der Waals surface area contributed by atoms with Gasteiger partial charge in [0, 0.05) is 24.9 Å². The number of carbonyl (C=O) groups excluding carboxylic acids is 4. The van der Waals surface area contributed by atoms with Gasteiger partial charge in [-0.3, -0.25) is 19.2 Å². The van der Waals surface area contributed by atoms with Crippen molar-refractivity contribution in [3.05, 3.63) is 107 Å². The van der Waals surface area contributed by atoms with Crippen molar-refractivity contribution in [1.82, 2.24) is 19.8 Å². The second-order valence-corrected chi connectivity index (χ2v) is 16.4. The van der Waals surface area contributed by atoms with Crippen LogP contribution in [0.4, 0.5) is 23.0 Å². The summed E-state index contributed by atoms with van der Waals surface area (Å²) in [5.41, 5.74) is 15.8. The monoisotopic (exact) mass is 820 g/mol. The molecule has 4 aromatic rings. The van der Waals surface area contributed by atoms with Crippen molar-refractivity contribution < 1.29 is 28.7 Å². The molecule has 2 aromatic heterocycles. The second-order valence-electron chi connectivity index (χ2n) is 16.4. The van der Waals surface area contributed by atoms with Gasteiger partial charge in [-0.1, -0.05) is 74.5 Å². The van der Waals surface area contributed by atoms with Crippen LogP contribution in [0.25, 0.3) is 0 Å². The zero-order chi connectivity index (χ0) is 43.7. The topological polar surface area (TPSA) is 195 Å². The highest BCUT2D eigenvalue weighted by atomic mass is 16.5. The van der Waals surface area contributed by atoms with E-state index < -0.39 is 23.6 Å². The van der Waals surface area contributed by atoms with E-state index in [4.69, 9.17) is 20.9 Å². The van der Waals surface area contributed by atoms with Crippen LogP contribution in [-0.4, -0.2) is 80.9 Å². The molecule has 0 bridgehead atoms. The Kier molecular flexibility index (Phi) is 15.4. The number of hydrogen-bond acceptors (Lipinski definition) is 10. The normalized spacial score (nSPS) is 21.5. The third kappa shape index (κ3) is 11.7. The number of nitrogens with zero attached hydrogens (tertiary/aromatic N) is 4. The maximum atomic E-state index is 13.1. The number of aromatic nitrogens is 2. The van der Waals surface area contributed by atoms with Crippen LogP contribution < -0.4 is 22.1 Å². The zero-order valence-electron chi connectivity index (χ0n) is 35.9. The average Bonchev–Trinajstić information content (AvgIpc) is 3.22. The number of likely N-dealkylation sites (tertiary alicyclic amines) is 2. The number of aryl methyl sites for hydroxylation is 2. The third-order valence-corrected chi connectivity index (χ3v) is 10.8. The maximum absolute atomic E-state index is 13.1. The number of anilines is 4. The van der Waals surface area contributed by atoms with E-state index in [1.54, 1.807) is 35.8 Å². The van der Waals surface area contributed by atoms with Gasteiger partial charge >= 0.3 is 23.6 Å². The fraction of sp³-hybridized carbons (Fsp3) is 0.435. The van der Waals surface area contributed by atoms with Gasteiger partial charge in [0.1, 0.15) is 11.6 Å². The van der Waals surface area contributed by atoms with Crippen LogP contribution in [0.2, 0.25) is 0 Å². The van der Waals surface area contributed by atoms with E-state index in [0.717, 1.165) is 22.3 Å². The number of amides is 4. The summed E-state index contributed by atoms with van der Waals surface area (Å²) < 4.78 is 12.2. The van der Waals surface area contributed by atoms with E-state index in [-0.39, 0.29) is 48.3 Å². The molecule has 6 rings (SSSR count). The molecule has 14 nitrogen and oxygen atoms in total. The molecule has 14 heteroatoms. The number of nitrogens with two attached hydrogens (primary N) is 2. The molecule has 0 spiro atoms. The van der Waals surface area contributed by atoms with Crippen LogP contribution in [0.1, 0.15) is 88.7 Å². The van der Waals surface area contributed by atoms with Crippen LogP contribution >= 0.6 is 0 Å². The first-order valence-electron chi connectivity index (χ1n) is 20.6. The van der Waals surface area contributed by atoms with Gasteiger partial charge < -0.3 is 41.4 Å². The number of benzene rings is 2. The second kappa shape index (κ2) is 20.4. The highest BCUT2D eigenvalue weighted by Crippen LogP contribution is 2.37. The van der Waals surface area contributed by atoms with Gasteiger partial charge in [0.2, 0.25) is 0 Å². The van der Waals surface area contributed by atoms with E-state index in [0.29, 0.717) is 48.9 Å². The number of hydrogen-bond donors (Lipinski definition) is 4. The van der Waals surface area contributed by atoms with E-state index in [2.05, 4.69) is 34.4 Å². The lowest BCUT2D eigenvalue weighted by Gasteiger charge is -2.43. The Balaban J connectivity index is 0.000000228. The van der Waals surface area contributed by atoms with Crippen molar-refractivity contribution in [1.29, 1.82) is 0 Å². The summed E-state index contributed by atoms with van der Waals surface area (Å²) in [7, 11) is 0. The fourth-order valence-corrected chi connectivity index (χ4v) is 7.72. The van der Waals surface area contributed by atoms with Crippen molar-refractivity contribution in [2.45, 2.75) is 105 Å². The summed E-state index contributed by atoms with van der Waals surface area (Å²) >= 11 is 0. The Labute approximate surface area is 353 Å². The maximum Gasteiger partial charge on any atom is 0.313 e. The highest BCUT2D eigenvalue weighted by Gasteiger charge is 2.41. The molecule has 4 heterocycles. The molecule has 2 aromatic carbocycles. The van der Waals surface area contributed by atoms with Crippen LogP contribution in [-0.2, 0) is 28.7 Å². The lowest BCUT2D eigenvalue weighted by molar-refractivity contribution is -0.151. The number of nitrogen functional groups attached to an aromatic ring is 2. The van der Waals surface area contributed by atoms with Crippen LogP contribution in [0.15, 0.2) is 85.2 Å². The summed E-state index contributed by atoms with van der Waals surface area (Å²) in [4.78, 5) is 63.2. The molecule has 0 aliphatic carbocycles. The molecule has 2 fully saturated rings. The summed E-state index contributed by atoms with van der Waals surface area (Å²) in [5.74, 6) is -1.47. The molecule has 6 N–H and O–H groups in total. The molecule has 2 aliphatic rings. The van der Waals surface area contributed by atoms with Gasteiger partial charge in [-0.25, -0.2) is 9.97 Å². The van der Waals surface area contributed by atoms with Crippen molar-refractivity contribution in [2.24, 2.45) is 11.8 Å². The van der Waals surface area contributed by atoms with Gasteiger partial charge in [0.15, 0.2) is 0 Å². The largest absolute Gasteiger partial charge is 0.383 e. The Morgan fingerprint density at radius 1 is 0.633 bits per heavy atom. The first kappa shape index (κ1) is 45.2. The summed E-state index contributed by atoms with van der Waals surface area (Å²) in [6.07, 6.45) is 4.43. The Morgan fingerprint density at radius 2 is 0.983 bits per heavy atom. The predicted molar refractivity (Wildman–Crippen MR) is 233 cm³/mol. The minimum absolute atomic E-state index is 0.0197. The van der Waals surface area contributed by atoms with Crippen LogP contribution in [0, 0.1) is 25.7 Å². The minimum Gasteiger partial charge on any atom is -0.383 e. The molecular formula is C46H60N8O6. The molecule has 0 radical (unpaired) electrons. The van der Waals surface area contributed by atoms with E-state index in [1.165, 1.54) is 12.4 Å². The van der Waals surface area contributed by atoms with Crippen molar-refractivity contribution >= 4 is 46.6 Å². The molecule has 2 saturated heterocycles. The average molecular weight is 821 g/mol. The summed E-state index contributed by atoms with van der Waals surface area (Å²) in [5, 5.41) is 5.32. The SMILES string of the molecule is Cc1cc(NC(=O)C(=O)N2C[C@@H](C)[C@@H](OC(C)C)C[C@@H]2c2ccccc2)cnc1N.Cc1cc(NC(=O)C(=O)N2C[C@H](C)[C@H](OC(C)C)C[C@H]2c2ccccc2)cnc1N. The lowest BCUT2D eigenvalue weighted by atomic mass is 9.87. The first-order valence-corrected chi connectivity index (χ1v) is 20.6. The third-order valence-electron chi connectivity index (χ3n) is 10.8. The Hall–Kier alpha value is -5.86. The standard InChI is InChI=1S/2C23H30N4O3/c2*1-14(2)30-20-11-19(17-8-6-5-7-9-17)27(13-16(20)4)23(29)22(28)26-18-10-15(3)21(24)25-12-18/h2*5-10,12,14,16,19-20H,11,13H2,1-4H3,(H2,24,25)(H,26,28)/t2*16-,19-,20+/m10/s1. The summed E-state index contributed by atoms with van der Waals surface area (Å²) in [6, 6.07) is 22.5. The van der Waals surface area contributed by atoms with Gasteiger partial charge in [-0.15, -0.1) is 0 Å². The van der Waals surface area contributed by atoms with Gasteiger partial charge in [0.05, 0.1) is 60.3 Å².